The number of para-hydroxylation sites is 1. The van der Waals surface area contributed by atoms with Crippen LogP contribution in [0.4, 0.5) is 16.2 Å². The Bertz CT molecular complexity index is 837. The molecule has 2 aliphatic rings. The van der Waals surface area contributed by atoms with Crippen LogP contribution in [-0.4, -0.2) is 49.1 Å². The molecular formula is C22H26N4O2. The van der Waals surface area contributed by atoms with E-state index in [4.69, 9.17) is 0 Å². The van der Waals surface area contributed by atoms with Gasteiger partial charge >= 0.3 is 6.03 Å². The van der Waals surface area contributed by atoms with Crippen molar-refractivity contribution in [3.8, 4) is 0 Å². The number of anilines is 2. The van der Waals surface area contributed by atoms with Gasteiger partial charge in [0, 0.05) is 49.2 Å². The van der Waals surface area contributed by atoms with Crippen LogP contribution in [0.5, 0.6) is 0 Å². The van der Waals surface area contributed by atoms with Crippen LogP contribution in [0, 0.1) is 5.92 Å². The van der Waals surface area contributed by atoms with Crippen molar-refractivity contribution in [2.75, 3.05) is 36.4 Å². The van der Waals surface area contributed by atoms with Gasteiger partial charge in [0.05, 0.1) is 0 Å². The van der Waals surface area contributed by atoms with Gasteiger partial charge in [-0.05, 0) is 55.7 Å². The molecule has 3 amide bonds. The number of amides is 3. The lowest BCUT2D eigenvalue weighted by Gasteiger charge is -2.24. The molecule has 2 aromatic carbocycles. The summed E-state index contributed by atoms with van der Waals surface area (Å²) in [5.41, 5.74) is 2.18. The van der Waals surface area contributed by atoms with Crippen LogP contribution in [0.25, 0.3) is 0 Å². The molecule has 2 atom stereocenters. The maximum absolute atomic E-state index is 12.9. The number of hydrogen-bond donors (Lipinski definition) is 2. The maximum Gasteiger partial charge on any atom is 0.322 e. The lowest BCUT2D eigenvalue weighted by Crippen LogP contribution is -2.41. The van der Waals surface area contributed by atoms with Crippen LogP contribution in [0.3, 0.4) is 0 Å². The zero-order valence-corrected chi connectivity index (χ0v) is 16.1. The van der Waals surface area contributed by atoms with E-state index in [0.717, 1.165) is 31.7 Å². The first-order valence-electron chi connectivity index (χ1n) is 9.92. The summed E-state index contributed by atoms with van der Waals surface area (Å²) in [5, 5.41) is 6.33. The van der Waals surface area contributed by atoms with Crippen molar-refractivity contribution in [3.05, 3.63) is 60.2 Å². The third-order valence-corrected chi connectivity index (χ3v) is 5.72. The molecule has 2 N–H and O–H groups in total. The molecule has 28 heavy (non-hydrogen) atoms. The van der Waals surface area contributed by atoms with Crippen molar-refractivity contribution in [2.45, 2.75) is 19.4 Å². The molecule has 0 aliphatic carbocycles. The van der Waals surface area contributed by atoms with Crippen molar-refractivity contribution in [1.82, 2.24) is 10.2 Å². The number of nitrogens with one attached hydrogen (secondary N) is 2. The van der Waals surface area contributed by atoms with Gasteiger partial charge in [-0.1, -0.05) is 18.2 Å². The predicted molar refractivity (Wildman–Crippen MR) is 111 cm³/mol. The minimum Gasteiger partial charge on any atom is -0.320 e. The van der Waals surface area contributed by atoms with E-state index in [1.54, 1.807) is 29.2 Å². The second kappa shape index (κ2) is 8.02. The first kappa shape index (κ1) is 18.5. The fraction of sp³-hybridized carbons (Fsp3) is 0.364. The summed E-state index contributed by atoms with van der Waals surface area (Å²) in [4.78, 5) is 29.2. The second-order valence-corrected chi connectivity index (χ2v) is 7.36. The average Bonchev–Trinajstić information content (AvgIpc) is 3.33. The number of benzene rings is 2. The highest BCUT2D eigenvalue weighted by Crippen LogP contribution is 2.27. The molecule has 2 fully saturated rings. The Morgan fingerprint density at radius 2 is 1.86 bits per heavy atom. The third kappa shape index (κ3) is 3.60. The summed E-state index contributed by atoms with van der Waals surface area (Å²) in [6, 6.07) is 17.0. The van der Waals surface area contributed by atoms with Gasteiger partial charge in [-0.25, -0.2) is 4.79 Å². The molecule has 0 aromatic heterocycles. The molecule has 0 saturated carbocycles. The molecule has 146 valence electrons. The first-order valence-corrected chi connectivity index (χ1v) is 9.92. The number of hydrogen-bond acceptors (Lipinski definition) is 3. The smallest absolute Gasteiger partial charge is 0.320 e. The zero-order valence-electron chi connectivity index (χ0n) is 16.1. The van der Waals surface area contributed by atoms with E-state index in [1.807, 2.05) is 42.2 Å². The van der Waals surface area contributed by atoms with Crippen LogP contribution in [0.1, 0.15) is 23.7 Å². The van der Waals surface area contributed by atoms with Gasteiger partial charge < -0.3 is 20.4 Å². The number of carbonyl (C=O) groups is 2. The van der Waals surface area contributed by atoms with Crippen molar-refractivity contribution in [3.63, 3.8) is 0 Å². The minimum atomic E-state index is -0.0604. The predicted octanol–water partition coefficient (Wildman–Crippen LogP) is 3.18. The molecular weight excluding hydrogens is 352 g/mol. The Hall–Kier alpha value is -2.86. The first-order chi connectivity index (χ1) is 13.7. The van der Waals surface area contributed by atoms with Crippen LogP contribution in [-0.2, 0) is 0 Å². The summed E-state index contributed by atoms with van der Waals surface area (Å²) in [6.45, 7) is 5.23. The number of urea groups is 1. The van der Waals surface area contributed by atoms with E-state index in [9.17, 15) is 9.59 Å². The van der Waals surface area contributed by atoms with Gasteiger partial charge in [-0.2, -0.15) is 0 Å². The largest absolute Gasteiger partial charge is 0.322 e. The fourth-order valence-corrected chi connectivity index (χ4v) is 4.20. The topological polar surface area (TPSA) is 64.7 Å². The number of rotatable bonds is 4. The molecule has 0 unspecified atom stereocenters. The summed E-state index contributed by atoms with van der Waals surface area (Å²) < 4.78 is 0. The lowest BCUT2D eigenvalue weighted by atomic mass is 10.1. The van der Waals surface area contributed by atoms with Gasteiger partial charge in [-0.3, -0.25) is 4.79 Å². The van der Waals surface area contributed by atoms with Crippen molar-refractivity contribution < 1.29 is 9.59 Å². The van der Waals surface area contributed by atoms with E-state index in [0.29, 0.717) is 29.8 Å². The minimum absolute atomic E-state index is 0.0500. The fourth-order valence-electron chi connectivity index (χ4n) is 4.20. The Morgan fingerprint density at radius 3 is 2.57 bits per heavy atom. The molecule has 2 aliphatic heterocycles. The van der Waals surface area contributed by atoms with E-state index < -0.39 is 0 Å². The highest BCUT2D eigenvalue weighted by Gasteiger charge is 2.39. The second-order valence-electron chi connectivity index (χ2n) is 7.36. The Kier molecular flexibility index (Phi) is 5.30. The maximum atomic E-state index is 12.9. The standard InChI is InChI=1S/C22H26N4O2/c1-2-25(19-6-4-3-5-7-19)21(27)16-8-10-18(11-9-16)24-22(28)26-13-12-17-14-23-15-20(17)26/h3-11,17,20,23H,2,12-15H2,1H3,(H,24,28)/t17-,20+/m0/s1. The van der Waals surface area contributed by atoms with Crippen LogP contribution < -0.4 is 15.5 Å². The highest BCUT2D eigenvalue weighted by atomic mass is 16.2. The molecule has 0 radical (unpaired) electrons. The van der Waals surface area contributed by atoms with E-state index in [2.05, 4.69) is 10.6 Å². The van der Waals surface area contributed by atoms with Gasteiger partial charge in [0.1, 0.15) is 0 Å². The molecule has 4 rings (SSSR count). The van der Waals surface area contributed by atoms with Crippen molar-refractivity contribution >= 4 is 23.3 Å². The number of nitrogens with zero attached hydrogens (tertiary/aromatic N) is 2. The molecule has 0 spiro atoms. The number of fused-ring (bicyclic) bond motifs is 1. The van der Waals surface area contributed by atoms with Gasteiger partial charge in [-0.15, -0.1) is 0 Å². The molecule has 6 heteroatoms. The van der Waals surface area contributed by atoms with Gasteiger partial charge in [0.25, 0.3) is 5.91 Å². The van der Waals surface area contributed by atoms with Crippen LogP contribution in [0.15, 0.2) is 54.6 Å². The highest BCUT2D eigenvalue weighted by molar-refractivity contribution is 6.06. The van der Waals surface area contributed by atoms with E-state index in [-0.39, 0.29) is 11.9 Å². The quantitative estimate of drug-likeness (QED) is 0.859. The van der Waals surface area contributed by atoms with E-state index >= 15 is 0 Å². The molecule has 6 nitrogen and oxygen atoms in total. The number of likely N-dealkylation sites (tertiary alicyclic amines) is 1. The molecule has 2 heterocycles. The lowest BCUT2D eigenvalue weighted by molar-refractivity contribution is 0.0988. The van der Waals surface area contributed by atoms with E-state index in [1.165, 1.54) is 0 Å². The Morgan fingerprint density at radius 1 is 1.11 bits per heavy atom. The normalized spacial score (nSPS) is 20.7. The zero-order chi connectivity index (χ0) is 19.5. The average molecular weight is 378 g/mol. The summed E-state index contributed by atoms with van der Waals surface area (Å²) in [5.74, 6) is 0.523. The summed E-state index contributed by atoms with van der Waals surface area (Å²) >= 11 is 0. The number of carbonyl (C=O) groups excluding carboxylic acids is 2. The molecule has 2 aromatic rings. The van der Waals surface area contributed by atoms with Crippen LogP contribution in [0.2, 0.25) is 0 Å². The molecule has 2 saturated heterocycles. The van der Waals surface area contributed by atoms with Gasteiger partial charge in [0.2, 0.25) is 0 Å². The van der Waals surface area contributed by atoms with Crippen molar-refractivity contribution in [1.29, 1.82) is 0 Å². The Balaban J connectivity index is 1.42. The third-order valence-electron chi connectivity index (χ3n) is 5.72. The summed E-state index contributed by atoms with van der Waals surface area (Å²) in [7, 11) is 0. The monoisotopic (exact) mass is 378 g/mol. The van der Waals surface area contributed by atoms with Gasteiger partial charge in [0.15, 0.2) is 0 Å². The Labute approximate surface area is 165 Å². The van der Waals surface area contributed by atoms with Crippen molar-refractivity contribution in [2.24, 2.45) is 5.92 Å². The molecule has 0 bridgehead atoms. The SMILES string of the molecule is CCN(C(=O)c1ccc(NC(=O)N2CC[C@H]3CNC[C@H]32)cc1)c1ccccc1. The van der Waals surface area contributed by atoms with Crippen LogP contribution >= 0.6 is 0 Å². The summed E-state index contributed by atoms with van der Waals surface area (Å²) in [6.07, 6.45) is 1.06.